The van der Waals surface area contributed by atoms with E-state index >= 15 is 0 Å². The summed E-state index contributed by atoms with van der Waals surface area (Å²) < 4.78 is 4.74. The first kappa shape index (κ1) is 14.9. The molecule has 1 amide bonds. The van der Waals surface area contributed by atoms with Crippen LogP contribution in [0.2, 0.25) is 0 Å². The number of carboxylic acids is 1. The van der Waals surface area contributed by atoms with Crippen LogP contribution in [0, 0.1) is 0 Å². The molecule has 1 unspecified atom stereocenters. The molecule has 0 aromatic heterocycles. The van der Waals surface area contributed by atoms with E-state index < -0.39 is 5.97 Å². The van der Waals surface area contributed by atoms with E-state index in [4.69, 9.17) is 9.84 Å². The average molecular weight is 263 g/mol. The highest BCUT2D eigenvalue weighted by atomic mass is 16.5. The van der Waals surface area contributed by atoms with Crippen molar-refractivity contribution in [2.24, 2.45) is 0 Å². The molecule has 0 aliphatic rings. The molecule has 0 aliphatic carbocycles. The molecule has 1 aromatic carbocycles. The van der Waals surface area contributed by atoms with Gasteiger partial charge in [0, 0.05) is 13.2 Å². The summed E-state index contributed by atoms with van der Waals surface area (Å²) in [4.78, 5) is 21.9. The number of benzene rings is 1. The Labute approximate surface area is 111 Å². The summed E-state index contributed by atoms with van der Waals surface area (Å²) in [6, 6.07) is 7.15. The molecule has 0 heterocycles. The highest BCUT2D eigenvalue weighted by Gasteiger charge is 2.09. The van der Waals surface area contributed by atoms with Gasteiger partial charge in [0.25, 0.3) is 0 Å². The average Bonchev–Trinajstić information content (AvgIpc) is 2.37. The van der Waals surface area contributed by atoms with Gasteiger partial charge in [0.15, 0.2) is 0 Å². The SMILES string of the molecule is COCC(=O)NC(C)c1cccc(C=CC(=O)O)c1. The van der Waals surface area contributed by atoms with Gasteiger partial charge >= 0.3 is 5.97 Å². The standard InChI is InChI=1S/C14H17NO4/c1-10(15-13(16)9-19-2)12-5-3-4-11(8-12)6-7-14(17)18/h3-8,10H,9H2,1-2H3,(H,15,16)(H,17,18). The monoisotopic (exact) mass is 263 g/mol. The molecule has 2 N–H and O–H groups in total. The second-order valence-electron chi connectivity index (χ2n) is 4.06. The first-order chi connectivity index (χ1) is 9.02. The molecular weight excluding hydrogens is 246 g/mol. The molecule has 0 saturated carbocycles. The van der Waals surface area contributed by atoms with Gasteiger partial charge in [-0.25, -0.2) is 4.79 Å². The van der Waals surface area contributed by atoms with Crippen LogP contribution in [0.3, 0.4) is 0 Å². The van der Waals surface area contributed by atoms with E-state index in [0.29, 0.717) is 0 Å². The number of aliphatic carboxylic acids is 1. The molecule has 19 heavy (non-hydrogen) atoms. The zero-order chi connectivity index (χ0) is 14.3. The summed E-state index contributed by atoms with van der Waals surface area (Å²) >= 11 is 0. The Morgan fingerprint density at radius 2 is 2.21 bits per heavy atom. The molecule has 1 aromatic rings. The second-order valence-corrected chi connectivity index (χ2v) is 4.06. The Bertz CT molecular complexity index is 482. The van der Waals surface area contributed by atoms with Gasteiger partial charge in [0.05, 0.1) is 6.04 Å². The highest BCUT2D eigenvalue weighted by molar-refractivity contribution is 5.85. The van der Waals surface area contributed by atoms with Crippen LogP contribution in [0.25, 0.3) is 6.08 Å². The Morgan fingerprint density at radius 1 is 1.47 bits per heavy atom. The third kappa shape index (κ3) is 5.35. The number of carbonyl (C=O) groups excluding carboxylic acids is 1. The molecule has 0 saturated heterocycles. The lowest BCUT2D eigenvalue weighted by Gasteiger charge is -2.14. The molecule has 0 fully saturated rings. The second kappa shape index (κ2) is 7.33. The van der Waals surface area contributed by atoms with Crippen molar-refractivity contribution in [1.82, 2.24) is 5.32 Å². The number of ether oxygens (including phenoxy) is 1. The first-order valence-corrected chi connectivity index (χ1v) is 5.82. The lowest BCUT2D eigenvalue weighted by atomic mass is 10.0. The topological polar surface area (TPSA) is 75.6 Å². The van der Waals surface area contributed by atoms with Crippen molar-refractivity contribution in [2.75, 3.05) is 13.7 Å². The number of hydrogen-bond acceptors (Lipinski definition) is 3. The number of rotatable bonds is 6. The summed E-state index contributed by atoms with van der Waals surface area (Å²) in [6.45, 7) is 1.87. The van der Waals surface area contributed by atoms with Crippen LogP contribution in [0.15, 0.2) is 30.3 Å². The first-order valence-electron chi connectivity index (χ1n) is 5.82. The van der Waals surface area contributed by atoms with Crippen LogP contribution in [-0.4, -0.2) is 30.7 Å². The molecule has 1 atom stereocenters. The van der Waals surface area contributed by atoms with E-state index in [1.807, 2.05) is 25.1 Å². The van der Waals surface area contributed by atoms with Gasteiger partial charge in [-0.05, 0) is 30.2 Å². The van der Waals surface area contributed by atoms with Crippen LogP contribution in [0.5, 0.6) is 0 Å². The number of hydrogen-bond donors (Lipinski definition) is 2. The lowest BCUT2D eigenvalue weighted by Crippen LogP contribution is -2.29. The molecule has 1 rings (SSSR count). The maximum Gasteiger partial charge on any atom is 0.328 e. The maximum atomic E-state index is 11.4. The lowest BCUT2D eigenvalue weighted by molar-refractivity contribution is -0.131. The fourth-order valence-electron chi connectivity index (χ4n) is 1.60. The Morgan fingerprint density at radius 3 is 2.84 bits per heavy atom. The minimum absolute atomic E-state index is 0.0168. The van der Waals surface area contributed by atoms with Crippen molar-refractivity contribution in [2.45, 2.75) is 13.0 Å². The molecule has 5 nitrogen and oxygen atoms in total. The predicted octanol–water partition coefficient (Wildman–Crippen LogP) is 1.61. The van der Waals surface area contributed by atoms with Gasteiger partial charge < -0.3 is 15.2 Å². The largest absolute Gasteiger partial charge is 0.478 e. The van der Waals surface area contributed by atoms with Crippen LogP contribution >= 0.6 is 0 Å². The molecule has 102 valence electrons. The zero-order valence-electron chi connectivity index (χ0n) is 10.9. The van der Waals surface area contributed by atoms with Gasteiger partial charge in [-0.2, -0.15) is 0 Å². The Kier molecular flexibility index (Phi) is 5.75. The fourth-order valence-corrected chi connectivity index (χ4v) is 1.60. The zero-order valence-corrected chi connectivity index (χ0v) is 10.9. The van der Waals surface area contributed by atoms with Crippen molar-refractivity contribution in [3.63, 3.8) is 0 Å². The molecule has 0 radical (unpaired) electrons. The van der Waals surface area contributed by atoms with E-state index in [9.17, 15) is 9.59 Å². The van der Waals surface area contributed by atoms with Crippen molar-refractivity contribution >= 4 is 18.0 Å². The summed E-state index contributed by atoms with van der Waals surface area (Å²) in [7, 11) is 1.46. The summed E-state index contributed by atoms with van der Waals surface area (Å²) in [5, 5.41) is 11.4. The van der Waals surface area contributed by atoms with E-state index in [0.717, 1.165) is 17.2 Å². The van der Waals surface area contributed by atoms with E-state index in [2.05, 4.69) is 5.32 Å². The molecule has 0 bridgehead atoms. The van der Waals surface area contributed by atoms with Crippen LogP contribution in [0.1, 0.15) is 24.1 Å². The third-order valence-electron chi connectivity index (χ3n) is 2.48. The van der Waals surface area contributed by atoms with Crippen molar-refractivity contribution < 1.29 is 19.4 Å². The normalized spacial score (nSPS) is 12.3. The highest BCUT2D eigenvalue weighted by Crippen LogP contribution is 2.15. The minimum atomic E-state index is -0.994. The number of methoxy groups -OCH3 is 1. The minimum Gasteiger partial charge on any atom is -0.478 e. The smallest absolute Gasteiger partial charge is 0.328 e. The maximum absolute atomic E-state index is 11.4. The van der Waals surface area contributed by atoms with E-state index in [1.165, 1.54) is 13.2 Å². The summed E-state index contributed by atoms with van der Waals surface area (Å²) in [5.41, 5.74) is 1.67. The van der Waals surface area contributed by atoms with E-state index in [1.54, 1.807) is 6.07 Å². The van der Waals surface area contributed by atoms with E-state index in [-0.39, 0.29) is 18.6 Å². The van der Waals surface area contributed by atoms with Gasteiger partial charge in [-0.1, -0.05) is 18.2 Å². The quantitative estimate of drug-likeness (QED) is 0.764. The fraction of sp³-hybridized carbons (Fsp3) is 0.286. The van der Waals surface area contributed by atoms with Crippen LogP contribution in [-0.2, 0) is 14.3 Å². The summed E-state index contributed by atoms with van der Waals surface area (Å²) in [6.07, 6.45) is 2.59. The third-order valence-corrected chi connectivity index (χ3v) is 2.48. The van der Waals surface area contributed by atoms with Gasteiger partial charge in [0.1, 0.15) is 6.61 Å². The summed E-state index contributed by atoms with van der Waals surface area (Å²) in [5.74, 6) is -1.19. The van der Waals surface area contributed by atoms with Gasteiger partial charge in [-0.3, -0.25) is 4.79 Å². The number of amides is 1. The molecule has 5 heteroatoms. The van der Waals surface area contributed by atoms with Crippen LogP contribution < -0.4 is 5.32 Å². The number of carbonyl (C=O) groups is 2. The van der Waals surface area contributed by atoms with Crippen LogP contribution in [0.4, 0.5) is 0 Å². The number of carboxylic acid groups (broad SMARTS) is 1. The number of nitrogens with one attached hydrogen (secondary N) is 1. The van der Waals surface area contributed by atoms with Crippen molar-refractivity contribution in [1.29, 1.82) is 0 Å². The predicted molar refractivity (Wildman–Crippen MR) is 71.5 cm³/mol. The molecular formula is C14H17NO4. The van der Waals surface area contributed by atoms with Gasteiger partial charge in [0.2, 0.25) is 5.91 Å². The van der Waals surface area contributed by atoms with Gasteiger partial charge in [-0.15, -0.1) is 0 Å². The Balaban J connectivity index is 2.75. The Hall–Kier alpha value is -2.14. The molecule has 0 spiro atoms. The van der Waals surface area contributed by atoms with Crippen molar-refractivity contribution in [3.05, 3.63) is 41.5 Å². The molecule has 0 aliphatic heterocycles. The van der Waals surface area contributed by atoms with Crippen molar-refractivity contribution in [3.8, 4) is 0 Å².